The lowest BCUT2D eigenvalue weighted by molar-refractivity contribution is -0.385. The number of aryl methyl sites for hydroxylation is 1. The second-order valence-corrected chi connectivity index (χ2v) is 4.77. The van der Waals surface area contributed by atoms with Gasteiger partial charge >= 0.3 is 0 Å². The Morgan fingerprint density at radius 2 is 1.78 bits per heavy atom. The lowest BCUT2D eigenvalue weighted by Crippen LogP contribution is -2.14. The summed E-state index contributed by atoms with van der Waals surface area (Å²) in [5.41, 5.74) is 1.40. The van der Waals surface area contributed by atoms with E-state index in [1.807, 2.05) is 0 Å². The lowest BCUT2D eigenvalue weighted by atomic mass is 10.2. The van der Waals surface area contributed by atoms with Crippen LogP contribution in [-0.4, -0.2) is 27.9 Å². The van der Waals surface area contributed by atoms with Gasteiger partial charge in [0.1, 0.15) is 12.0 Å². The number of anilines is 2. The molecule has 0 unspecified atom stereocenters. The number of rotatable bonds is 7. The molecule has 0 aliphatic carbocycles. The van der Waals surface area contributed by atoms with Crippen LogP contribution in [0.15, 0.2) is 36.5 Å². The van der Waals surface area contributed by atoms with E-state index in [-0.39, 0.29) is 11.4 Å². The maximum atomic E-state index is 10.7. The second kappa shape index (κ2) is 7.16. The average Bonchev–Trinajstić information content (AvgIpc) is 2.51. The number of nitrogens with zero attached hydrogens (tertiary/aromatic N) is 3. The van der Waals surface area contributed by atoms with E-state index in [2.05, 4.69) is 15.6 Å². The summed E-state index contributed by atoms with van der Waals surface area (Å²) in [6.45, 7) is 2.79. The zero-order valence-corrected chi connectivity index (χ0v) is 12.4. The molecule has 1 aromatic heterocycles. The van der Waals surface area contributed by atoms with Crippen molar-refractivity contribution in [2.45, 2.75) is 6.92 Å². The summed E-state index contributed by atoms with van der Waals surface area (Å²) in [4.78, 5) is 24.3. The minimum Gasteiger partial charge on any atom is -0.383 e. The van der Waals surface area contributed by atoms with Crippen LogP contribution in [0.4, 0.5) is 22.9 Å². The maximum absolute atomic E-state index is 10.7. The summed E-state index contributed by atoms with van der Waals surface area (Å²) in [5, 5.41) is 27.4. The van der Waals surface area contributed by atoms with Gasteiger partial charge in [0.2, 0.25) is 0 Å². The van der Waals surface area contributed by atoms with Crippen LogP contribution < -0.4 is 10.6 Å². The van der Waals surface area contributed by atoms with Gasteiger partial charge in [0.15, 0.2) is 0 Å². The van der Waals surface area contributed by atoms with Crippen LogP contribution >= 0.6 is 0 Å². The first-order chi connectivity index (χ1) is 11.0. The standard InChI is InChI=1S/C14H15N5O4/c1-10-8-11(2-4-13(10)19(22)23)15-6-7-16-14-5-3-12(9-17-14)18(20)21/h2-5,8-9,15H,6-7H2,1H3,(H,16,17). The van der Waals surface area contributed by atoms with E-state index in [1.54, 1.807) is 19.1 Å². The number of aromatic nitrogens is 1. The summed E-state index contributed by atoms with van der Waals surface area (Å²) < 4.78 is 0. The average molecular weight is 317 g/mol. The Morgan fingerprint density at radius 1 is 1.04 bits per heavy atom. The van der Waals surface area contributed by atoms with Crippen molar-refractivity contribution < 1.29 is 9.85 Å². The third-order valence-corrected chi connectivity index (χ3v) is 3.11. The molecule has 0 aliphatic heterocycles. The van der Waals surface area contributed by atoms with Gasteiger partial charge in [-0.05, 0) is 25.1 Å². The topological polar surface area (TPSA) is 123 Å². The zero-order valence-electron chi connectivity index (χ0n) is 12.4. The third-order valence-electron chi connectivity index (χ3n) is 3.11. The Balaban J connectivity index is 1.82. The predicted molar refractivity (Wildman–Crippen MR) is 85.7 cm³/mol. The van der Waals surface area contributed by atoms with Crippen molar-refractivity contribution >= 4 is 22.9 Å². The SMILES string of the molecule is Cc1cc(NCCNc2ccc([N+](=O)[O-])cn2)ccc1[N+](=O)[O-]. The number of benzene rings is 1. The van der Waals surface area contributed by atoms with Gasteiger partial charge in [-0.1, -0.05) is 0 Å². The summed E-state index contributed by atoms with van der Waals surface area (Å²) >= 11 is 0. The highest BCUT2D eigenvalue weighted by Gasteiger charge is 2.09. The van der Waals surface area contributed by atoms with Crippen molar-refractivity contribution in [3.8, 4) is 0 Å². The van der Waals surface area contributed by atoms with Gasteiger partial charge in [0.25, 0.3) is 11.4 Å². The number of hydrogen-bond acceptors (Lipinski definition) is 7. The highest BCUT2D eigenvalue weighted by molar-refractivity contribution is 5.53. The van der Waals surface area contributed by atoms with Gasteiger partial charge in [0.05, 0.1) is 9.85 Å². The first-order valence-electron chi connectivity index (χ1n) is 6.80. The molecule has 0 atom stereocenters. The molecule has 2 aromatic rings. The fourth-order valence-corrected chi connectivity index (χ4v) is 1.97. The Morgan fingerprint density at radius 3 is 2.35 bits per heavy atom. The summed E-state index contributed by atoms with van der Waals surface area (Å²) in [7, 11) is 0. The fourth-order valence-electron chi connectivity index (χ4n) is 1.97. The number of nitro benzene ring substituents is 1. The van der Waals surface area contributed by atoms with Crippen LogP contribution in [0, 0.1) is 27.2 Å². The van der Waals surface area contributed by atoms with Crippen LogP contribution in [0.25, 0.3) is 0 Å². The van der Waals surface area contributed by atoms with Crippen molar-refractivity contribution in [2.75, 3.05) is 23.7 Å². The number of nitrogens with one attached hydrogen (secondary N) is 2. The normalized spacial score (nSPS) is 10.1. The molecular weight excluding hydrogens is 302 g/mol. The van der Waals surface area contributed by atoms with Crippen molar-refractivity contribution in [3.05, 3.63) is 62.3 Å². The van der Waals surface area contributed by atoms with E-state index < -0.39 is 9.85 Å². The molecule has 9 heteroatoms. The lowest BCUT2D eigenvalue weighted by Gasteiger charge is -2.09. The van der Waals surface area contributed by atoms with Gasteiger partial charge in [-0.3, -0.25) is 20.2 Å². The Hall–Kier alpha value is -3.23. The van der Waals surface area contributed by atoms with E-state index in [4.69, 9.17) is 0 Å². The molecule has 1 heterocycles. The van der Waals surface area contributed by atoms with E-state index in [0.29, 0.717) is 24.5 Å². The molecule has 23 heavy (non-hydrogen) atoms. The Bertz CT molecular complexity index is 718. The highest BCUT2D eigenvalue weighted by Crippen LogP contribution is 2.21. The van der Waals surface area contributed by atoms with E-state index in [9.17, 15) is 20.2 Å². The van der Waals surface area contributed by atoms with Crippen LogP contribution in [0.1, 0.15) is 5.56 Å². The van der Waals surface area contributed by atoms with E-state index in [1.165, 1.54) is 24.4 Å². The van der Waals surface area contributed by atoms with Gasteiger partial charge in [-0.2, -0.15) is 0 Å². The van der Waals surface area contributed by atoms with Gasteiger partial charge in [-0.15, -0.1) is 0 Å². The van der Waals surface area contributed by atoms with Crippen molar-refractivity contribution in [3.63, 3.8) is 0 Å². The molecule has 0 saturated carbocycles. The quantitative estimate of drug-likeness (QED) is 0.457. The van der Waals surface area contributed by atoms with E-state index in [0.717, 1.165) is 5.69 Å². The molecule has 120 valence electrons. The molecule has 0 spiro atoms. The Labute approximate surface area is 131 Å². The van der Waals surface area contributed by atoms with Crippen LogP contribution in [-0.2, 0) is 0 Å². The summed E-state index contributed by atoms with van der Waals surface area (Å²) in [6.07, 6.45) is 1.19. The van der Waals surface area contributed by atoms with Gasteiger partial charge in [0, 0.05) is 36.5 Å². The molecule has 0 fully saturated rings. The number of pyridine rings is 1. The molecule has 9 nitrogen and oxygen atoms in total. The minimum atomic E-state index is -0.505. The van der Waals surface area contributed by atoms with Crippen LogP contribution in [0.3, 0.4) is 0 Å². The molecule has 2 N–H and O–H groups in total. The molecular formula is C14H15N5O4. The smallest absolute Gasteiger partial charge is 0.287 e. The summed E-state index contributed by atoms with van der Waals surface area (Å²) in [6, 6.07) is 7.73. The molecule has 0 aliphatic rings. The zero-order chi connectivity index (χ0) is 16.8. The molecule has 0 radical (unpaired) electrons. The van der Waals surface area contributed by atoms with Crippen LogP contribution in [0.5, 0.6) is 0 Å². The highest BCUT2D eigenvalue weighted by atomic mass is 16.6. The van der Waals surface area contributed by atoms with Crippen LogP contribution in [0.2, 0.25) is 0 Å². The van der Waals surface area contributed by atoms with Crippen molar-refractivity contribution in [1.29, 1.82) is 0 Å². The van der Waals surface area contributed by atoms with Gasteiger partial charge < -0.3 is 10.6 Å². The van der Waals surface area contributed by atoms with Crippen molar-refractivity contribution in [1.82, 2.24) is 4.98 Å². The first-order valence-corrected chi connectivity index (χ1v) is 6.80. The molecule has 0 amide bonds. The monoisotopic (exact) mass is 317 g/mol. The molecule has 1 aromatic carbocycles. The third kappa shape index (κ3) is 4.37. The number of nitro groups is 2. The number of hydrogen-bond donors (Lipinski definition) is 2. The minimum absolute atomic E-state index is 0.0602. The molecule has 2 rings (SSSR count). The van der Waals surface area contributed by atoms with Crippen molar-refractivity contribution in [2.24, 2.45) is 0 Å². The second-order valence-electron chi connectivity index (χ2n) is 4.77. The predicted octanol–water partition coefficient (Wildman–Crippen LogP) is 2.73. The largest absolute Gasteiger partial charge is 0.383 e. The Kier molecular flexibility index (Phi) is 5.03. The first kappa shape index (κ1) is 16.1. The maximum Gasteiger partial charge on any atom is 0.287 e. The van der Waals surface area contributed by atoms with Gasteiger partial charge in [-0.25, -0.2) is 4.98 Å². The van der Waals surface area contributed by atoms with E-state index >= 15 is 0 Å². The fraction of sp³-hybridized carbons (Fsp3) is 0.214. The summed E-state index contributed by atoms with van der Waals surface area (Å²) in [5.74, 6) is 0.539. The molecule has 0 bridgehead atoms. The molecule has 0 saturated heterocycles.